The van der Waals surface area contributed by atoms with Crippen LogP contribution in [0.4, 0.5) is 11.4 Å². The van der Waals surface area contributed by atoms with Gasteiger partial charge in [0, 0.05) is 42.4 Å². The first-order valence-electron chi connectivity index (χ1n) is 12.7. The molecule has 7 heteroatoms. The Morgan fingerprint density at radius 3 is 2.78 bits per heavy atom. The van der Waals surface area contributed by atoms with E-state index in [1.807, 2.05) is 0 Å². The van der Waals surface area contributed by atoms with Crippen LogP contribution in [0.3, 0.4) is 0 Å². The van der Waals surface area contributed by atoms with Gasteiger partial charge in [-0.15, -0.1) is 4.91 Å². The van der Waals surface area contributed by atoms with E-state index >= 15 is 0 Å². The summed E-state index contributed by atoms with van der Waals surface area (Å²) in [6.45, 7) is -14.8. The standard InChI is InChI=1S/C20H21ClN4O2/c1-3-24(4-2)13-14-11-16(6-8-20(14)26)25(23-27)19-9-10-22-18-12-15(21)5-7-17(18)19/h5-12,26H,3-4,13H2,1-2H3/i1D3,2D3,3D2,4D2. The summed E-state index contributed by atoms with van der Waals surface area (Å²) in [5.41, 5.74) is 0.490. The van der Waals surface area contributed by atoms with Crippen LogP contribution in [-0.4, -0.2) is 28.0 Å². The van der Waals surface area contributed by atoms with Crippen LogP contribution in [0, 0.1) is 4.91 Å². The van der Waals surface area contributed by atoms with Gasteiger partial charge in [0.15, 0.2) is 0 Å². The van der Waals surface area contributed by atoms with Gasteiger partial charge in [0.2, 0.25) is 0 Å². The van der Waals surface area contributed by atoms with Gasteiger partial charge >= 0.3 is 0 Å². The van der Waals surface area contributed by atoms with Crippen molar-refractivity contribution in [2.75, 3.05) is 18.0 Å². The van der Waals surface area contributed by atoms with Gasteiger partial charge in [0.25, 0.3) is 0 Å². The predicted octanol–water partition coefficient (Wildman–Crippen LogP) is 5.26. The lowest BCUT2D eigenvalue weighted by Gasteiger charge is -2.21. The van der Waals surface area contributed by atoms with Gasteiger partial charge in [-0.3, -0.25) is 9.88 Å². The van der Waals surface area contributed by atoms with Gasteiger partial charge in [-0.25, -0.2) is 0 Å². The molecule has 0 aliphatic rings. The Kier molecular flexibility index (Phi) is 3.09. The molecule has 0 saturated carbocycles. The van der Waals surface area contributed by atoms with Crippen LogP contribution in [0.2, 0.25) is 5.02 Å². The third kappa shape index (κ3) is 4.02. The summed E-state index contributed by atoms with van der Waals surface area (Å²) >= 11 is 6.01. The fourth-order valence-corrected chi connectivity index (χ4v) is 2.80. The molecule has 140 valence electrons. The highest BCUT2D eigenvalue weighted by atomic mass is 35.5. The number of hydrogen-bond donors (Lipinski definition) is 1. The van der Waals surface area contributed by atoms with Crippen LogP contribution in [0.5, 0.6) is 5.75 Å². The van der Waals surface area contributed by atoms with Crippen LogP contribution in [0.1, 0.15) is 33.0 Å². The van der Waals surface area contributed by atoms with Gasteiger partial charge in [0.1, 0.15) is 5.75 Å². The first kappa shape index (κ1) is 10.0. The second-order valence-corrected chi connectivity index (χ2v) is 5.94. The Labute approximate surface area is 177 Å². The Morgan fingerprint density at radius 1 is 1.22 bits per heavy atom. The molecule has 0 radical (unpaired) electrons. The first-order valence-corrected chi connectivity index (χ1v) is 8.07. The van der Waals surface area contributed by atoms with Crippen LogP contribution >= 0.6 is 11.6 Å². The maximum atomic E-state index is 11.9. The predicted molar refractivity (Wildman–Crippen MR) is 109 cm³/mol. The molecule has 1 N–H and O–H groups in total. The van der Waals surface area contributed by atoms with Crippen LogP contribution in [-0.2, 0) is 6.54 Å². The molecule has 27 heavy (non-hydrogen) atoms. The summed E-state index contributed by atoms with van der Waals surface area (Å²) < 4.78 is 77.5. The van der Waals surface area contributed by atoms with E-state index in [9.17, 15) is 10.0 Å². The summed E-state index contributed by atoms with van der Waals surface area (Å²) in [5, 5.41) is 15.3. The molecule has 0 fully saturated rings. The Bertz CT molecular complexity index is 1290. The van der Waals surface area contributed by atoms with Crippen molar-refractivity contribution in [3.8, 4) is 5.75 Å². The number of aromatic nitrogens is 1. The molecule has 0 atom stereocenters. The first-order chi connectivity index (χ1) is 16.9. The molecule has 3 aromatic rings. The molecule has 1 heterocycles. The second-order valence-electron chi connectivity index (χ2n) is 5.51. The normalized spacial score (nSPS) is 18.6. The number of fused-ring (bicyclic) bond motifs is 1. The highest BCUT2D eigenvalue weighted by molar-refractivity contribution is 6.31. The third-order valence-electron chi connectivity index (χ3n) is 3.90. The molecule has 2 aromatic carbocycles. The molecule has 0 bridgehead atoms. The molecule has 3 rings (SSSR count). The van der Waals surface area contributed by atoms with Crippen molar-refractivity contribution in [1.82, 2.24) is 9.88 Å². The maximum absolute atomic E-state index is 11.9. The molecule has 0 spiro atoms. The van der Waals surface area contributed by atoms with Crippen LogP contribution in [0.15, 0.2) is 53.9 Å². The number of hydrogen-bond acceptors (Lipinski definition) is 5. The zero-order valence-electron chi connectivity index (χ0n) is 23.8. The molecule has 0 aliphatic heterocycles. The van der Waals surface area contributed by atoms with Crippen LogP contribution < -0.4 is 5.01 Å². The molecular formula is C20H21ClN4O2. The van der Waals surface area contributed by atoms with Crippen molar-refractivity contribution in [2.45, 2.75) is 20.2 Å². The Morgan fingerprint density at radius 2 is 2.04 bits per heavy atom. The molecule has 0 unspecified atom stereocenters. The molecular weight excluding hydrogens is 364 g/mol. The van der Waals surface area contributed by atoms with E-state index < -0.39 is 39.0 Å². The smallest absolute Gasteiger partial charge is 0.120 e. The third-order valence-corrected chi connectivity index (χ3v) is 4.13. The zero-order chi connectivity index (χ0) is 28.0. The highest BCUT2D eigenvalue weighted by Crippen LogP contribution is 2.35. The number of pyridine rings is 1. The molecule has 1 aromatic heterocycles. The van der Waals surface area contributed by atoms with E-state index in [1.165, 1.54) is 18.3 Å². The van der Waals surface area contributed by atoms with Gasteiger partial charge in [0.05, 0.1) is 22.2 Å². The highest BCUT2D eigenvalue weighted by Gasteiger charge is 2.16. The minimum atomic E-state index is -3.46. The molecule has 6 nitrogen and oxygen atoms in total. The van der Waals surface area contributed by atoms with E-state index in [1.54, 1.807) is 18.2 Å². The summed E-state index contributed by atoms with van der Waals surface area (Å²) in [6, 6.07) is 9.79. The number of phenolic OH excluding ortho intramolecular Hbond substituents is 1. The number of aromatic hydroxyl groups is 1. The fourth-order valence-electron chi connectivity index (χ4n) is 2.63. The molecule has 0 amide bonds. The SMILES string of the molecule is [2H]C([2H])([2H])C([2H])([2H])N(Cc1cc(N(N=O)c2ccnc3cc(Cl)ccc23)ccc1O)C([2H])([2H])C([2H])([2H])[2H]. The zero-order valence-corrected chi connectivity index (χ0v) is 14.6. The largest absolute Gasteiger partial charge is 0.508 e. The molecule has 0 saturated heterocycles. The van der Waals surface area contributed by atoms with Gasteiger partial charge in [-0.1, -0.05) is 25.3 Å². The van der Waals surface area contributed by atoms with Crippen molar-refractivity contribution < 1.29 is 18.8 Å². The summed E-state index contributed by atoms with van der Waals surface area (Å²) in [6.07, 6.45) is 1.41. The lowest BCUT2D eigenvalue weighted by molar-refractivity contribution is 0.291. The fraction of sp³-hybridized carbons (Fsp3) is 0.250. The van der Waals surface area contributed by atoms with Crippen molar-refractivity contribution in [3.05, 3.63) is 64.2 Å². The number of nitroso groups, excluding NO2 is 1. The van der Waals surface area contributed by atoms with Gasteiger partial charge < -0.3 is 5.11 Å². The Hall–Kier alpha value is -2.70. The van der Waals surface area contributed by atoms with Crippen molar-refractivity contribution in [3.63, 3.8) is 0 Å². The van der Waals surface area contributed by atoms with Crippen molar-refractivity contribution >= 4 is 33.9 Å². The Balaban J connectivity index is 2.14. The average molecular weight is 395 g/mol. The lowest BCUT2D eigenvalue weighted by atomic mass is 10.1. The topological polar surface area (TPSA) is 69.0 Å². The minimum Gasteiger partial charge on any atom is -0.508 e. The summed E-state index contributed by atoms with van der Waals surface area (Å²) in [7, 11) is 0. The molecule has 0 aliphatic carbocycles. The van der Waals surface area contributed by atoms with E-state index in [2.05, 4.69) is 10.3 Å². The minimum absolute atomic E-state index is 0.0152. The number of rotatable bonds is 7. The van der Waals surface area contributed by atoms with Gasteiger partial charge in [-0.05, 0) is 55.5 Å². The lowest BCUT2D eigenvalue weighted by Crippen LogP contribution is -2.22. The monoisotopic (exact) mass is 394 g/mol. The average Bonchev–Trinajstić information content (AvgIpc) is 2.77. The maximum Gasteiger partial charge on any atom is 0.120 e. The van der Waals surface area contributed by atoms with Gasteiger partial charge in [-0.2, -0.15) is 5.01 Å². The van der Waals surface area contributed by atoms with E-state index in [0.29, 0.717) is 15.9 Å². The summed E-state index contributed by atoms with van der Waals surface area (Å²) in [5.74, 6) is -0.520. The number of anilines is 2. The number of benzene rings is 2. The van der Waals surface area contributed by atoms with Crippen molar-refractivity contribution in [1.29, 1.82) is 0 Å². The summed E-state index contributed by atoms with van der Waals surface area (Å²) in [4.78, 5) is 16.1. The van der Waals surface area contributed by atoms with Crippen molar-refractivity contribution in [2.24, 2.45) is 5.29 Å². The number of phenols is 1. The number of nitrogens with zero attached hydrogens (tertiary/aromatic N) is 4. The van der Waals surface area contributed by atoms with E-state index in [4.69, 9.17) is 25.3 Å². The van der Waals surface area contributed by atoms with E-state index in [-0.39, 0.29) is 21.8 Å². The number of halogens is 1. The quantitative estimate of drug-likeness (QED) is 0.437. The second kappa shape index (κ2) is 8.33. The van der Waals surface area contributed by atoms with E-state index in [0.717, 1.165) is 17.1 Å². The van der Waals surface area contributed by atoms with Crippen LogP contribution in [0.25, 0.3) is 10.9 Å².